The first-order chi connectivity index (χ1) is 14.3. The van der Waals surface area contributed by atoms with Gasteiger partial charge in [0.2, 0.25) is 0 Å². The van der Waals surface area contributed by atoms with Crippen molar-refractivity contribution < 1.29 is 13.2 Å². The van der Waals surface area contributed by atoms with Crippen LogP contribution in [0, 0.1) is 13.8 Å². The third-order valence-corrected chi connectivity index (χ3v) is 5.52. The Labute approximate surface area is 173 Å². The van der Waals surface area contributed by atoms with Gasteiger partial charge >= 0.3 is 6.18 Å². The number of rotatable bonds is 3. The van der Waals surface area contributed by atoms with E-state index >= 15 is 0 Å². The molecule has 0 aliphatic carbocycles. The van der Waals surface area contributed by atoms with Gasteiger partial charge in [0, 0.05) is 37.9 Å². The van der Waals surface area contributed by atoms with Gasteiger partial charge in [-0.1, -0.05) is 30.3 Å². The first kappa shape index (κ1) is 20.1. The fourth-order valence-electron chi connectivity index (χ4n) is 3.65. The van der Waals surface area contributed by atoms with Crippen molar-refractivity contribution in [2.24, 2.45) is 0 Å². The van der Waals surface area contributed by atoms with E-state index in [4.69, 9.17) is 0 Å². The van der Waals surface area contributed by atoms with E-state index in [9.17, 15) is 13.2 Å². The molecular weight excluding hydrogens is 391 g/mol. The van der Waals surface area contributed by atoms with Crippen molar-refractivity contribution in [2.75, 3.05) is 36.0 Å². The van der Waals surface area contributed by atoms with Gasteiger partial charge in [0.1, 0.15) is 5.82 Å². The zero-order chi connectivity index (χ0) is 21.3. The van der Waals surface area contributed by atoms with Crippen LogP contribution < -0.4 is 9.80 Å². The van der Waals surface area contributed by atoms with Crippen LogP contribution in [0.4, 0.5) is 24.8 Å². The average molecular weight is 413 g/mol. The molecule has 3 aromatic rings. The Kier molecular flexibility index (Phi) is 5.32. The molecule has 0 amide bonds. The zero-order valence-corrected chi connectivity index (χ0v) is 16.8. The minimum Gasteiger partial charge on any atom is -0.353 e. The van der Waals surface area contributed by atoms with Gasteiger partial charge in [-0.3, -0.25) is 0 Å². The summed E-state index contributed by atoms with van der Waals surface area (Å²) in [6, 6.07) is 12.5. The molecule has 30 heavy (non-hydrogen) atoms. The van der Waals surface area contributed by atoms with E-state index in [0.717, 1.165) is 40.5 Å². The Morgan fingerprint density at radius 3 is 2.07 bits per heavy atom. The summed E-state index contributed by atoms with van der Waals surface area (Å²) in [6.45, 7) is 6.80. The van der Waals surface area contributed by atoms with Gasteiger partial charge in [-0.05, 0) is 37.1 Å². The van der Waals surface area contributed by atoms with Gasteiger partial charge in [-0.15, -0.1) is 10.2 Å². The molecule has 1 saturated heterocycles. The highest BCUT2D eigenvalue weighted by Gasteiger charge is 2.31. The summed E-state index contributed by atoms with van der Waals surface area (Å²) >= 11 is 0. The summed E-state index contributed by atoms with van der Waals surface area (Å²) in [7, 11) is 0. The third kappa shape index (κ3) is 3.94. The average Bonchev–Trinajstić information content (AvgIpc) is 2.76. The van der Waals surface area contributed by atoms with Crippen molar-refractivity contribution in [1.82, 2.24) is 15.2 Å². The zero-order valence-electron chi connectivity index (χ0n) is 16.8. The van der Waals surface area contributed by atoms with Crippen molar-refractivity contribution in [3.8, 4) is 11.3 Å². The quantitative estimate of drug-likeness (QED) is 0.633. The first-order valence-corrected chi connectivity index (χ1v) is 9.77. The highest BCUT2D eigenvalue weighted by molar-refractivity contribution is 5.67. The lowest BCUT2D eigenvalue weighted by Gasteiger charge is -2.36. The predicted molar refractivity (Wildman–Crippen MR) is 111 cm³/mol. The molecule has 5 nitrogen and oxygen atoms in total. The molecule has 2 aromatic heterocycles. The number of piperazine rings is 1. The molecule has 8 heteroatoms. The van der Waals surface area contributed by atoms with Crippen LogP contribution in [-0.4, -0.2) is 41.4 Å². The molecule has 0 N–H and O–H groups in total. The van der Waals surface area contributed by atoms with Crippen LogP contribution in [0.2, 0.25) is 0 Å². The molecule has 0 saturated carbocycles. The molecule has 0 radical (unpaired) electrons. The Hall–Kier alpha value is -3.16. The Morgan fingerprint density at radius 2 is 1.47 bits per heavy atom. The lowest BCUT2D eigenvalue weighted by atomic mass is 10.0. The Balaban J connectivity index is 1.47. The molecule has 0 bridgehead atoms. The Bertz CT molecular complexity index is 1010. The standard InChI is InChI=1S/C22H22F3N5/c1-15-16(2)21(28-27-20(15)17-6-4-3-5-7-17)30-12-10-29(11-13-30)19-9-8-18(14-26-19)22(23,24)25/h3-9,14H,10-13H2,1-2H3. The summed E-state index contributed by atoms with van der Waals surface area (Å²) in [5.41, 5.74) is 3.37. The van der Waals surface area contributed by atoms with Crippen LogP contribution in [0.5, 0.6) is 0 Å². The minimum atomic E-state index is -4.37. The maximum atomic E-state index is 12.7. The van der Waals surface area contributed by atoms with Gasteiger partial charge in [0.25, 0.3) is 0 Å². The number of benzene rings is 1. The van der Waals surface area contributed by atoms with Gasteiger partial charge < -0.3 is 9.80 Å². The largest absolute Gasteiger partial charge is 0.417 e. The van der Waals surface area contributed by atoms with E-state index in [0.29, 0.717) is 32.0 Å². The number of hydrogen-bond donors (Lipinski definition) is 0. The number of nitrogens with zero attached hydrogens (tertiary/aromatic N) is 5. The van der Waals surface area contributed by atoms with Gasteiger partial charge in [0.05, 0.1) is 11.3 Å². The van der Waals surface area contributed by atoms with Gasteiger partial charge in [-0.25, -0.2) is 4.98 Å². The molecular formula is C22H22F3N5. The SMILES string of the molecule is Cc1c(-c2ccccc2)nnc(N2CCN(c3ccc(C(F)(F)F)cn3)CC2)c1C. The van der Waals surface area contributed by atoms with Crippen LogP contribution >= 0.6 is 0 Å². The van der Waals surface area contributed by atoms with Crippen LogP contribution in [0.15, 0.2) is 48.7 Å². The molecule has 0 spiro atoms. The topological polar surface area (TPSA) is 45.2 Å². The summed E-state index contributed by atoms with van der Waals surface area (Å²) in [5.74, 6) is 1.41. The maximum absolute atomic E-state index is 12.7. The lowest BCUT2D eigenvalue weighted by Crippen LogP contribution is -2.47. The monoisotopic (exact) mass is 413 g/mol. The van der Waals surface area contributed by atoms with Crippen LogP contribution in [0.3, 0.4) is 0 Å². The van der Waals surface area contributed by atoms with Crippen molar-refractivity contribution in [3.63, 3.8) is 0 Å². The molecule has 4 rings (SSSR count). The van der Waals surface area contributed by atoms with Crippen LogP contribution in [-0.2, 0) is 6.18 Å². The summed E-state index contributed by atoms with van der Waals surface area (Å²) in [6.07, 6.45) is -3.48. The fourth-order valence-corrected chi connectivity index (χ4v) is 3.65. The second-order valence-electron chi connectivity index (χ2n) is 7.37. The van der Waals surface area contributed by atoms with E-state index in [-0.39, 0.29) is 0 Å². The van der Waals surface area contributed by atoms with Crippen molar-refractivity contribution >= 4 is 11.6 Å². The predicted octanol–water partition coefficient (Wildman–Crippen LogP) is 4.50. The highest BCUT2D eigenvalue weighted by Crippen LogP contribution is 2.30. The van der Waals surface area contributed by atoms with E-state index in [1.54, 1.807) is 0 Å². The van der Waals surface area contributed by atoms with E-state index in [2.05, 4.69) is 33.9 Å². The minimum absolute atomic E-state index is 0.557. The van der Waals surface area contributed by atoms with E-state index in [1.807, 2.05) is 35.2 Å². The molecule has 0 unspecified atom stereocenters. The summed E-state index contributed by atoms with van der Waals surface area (Å²) in [4.78, 5) is 8.16. The summed E-state index contributed by atoms with van der Waals surface area (Å²) < 4.78 is 38.2. The molecule has 3 heterocycles. The molecule has 1 aliphatic heterocycles. The second kappa shape index (κ2) is 7.93. The Morgan fingerprint density at radius 1 is 0.800 bits per heavy atom. The number of pyridine rings is 1. The lowest BCUT2D eigenvalue weighted by molar-refractivity contribution is -0.137. The highest BCUT2D eigenvalue weighted by atomic mass is 19.4. The number of alkyl halides is 3. The molecule has 1 fully saturated rings. The second-order valence-corrected chi connectivity index (χ2v) is 7.37. The van der Waals surface area contributed by atoms with Crippen molar-refractivity contribution in [3.05, 3.63) is 65.4 Å². The number of anilines is 2. The molecule has 1 aliphatic rings. The number of halogens is 3. The maximum Gasteiger partial charge on any atom is 0.417 e. The van der Waals surface area contributed by atoms with Gasteiger partial charge in [-0.2, -0.15) is 13.2 Å². The smallest absolute Gasteiger partial charge is 0.353 e. The van der Waals surface area contributed by atoms with Crippen LogP contribution in [0.1, 0.15) is 16.7 Å². The fraction of sp³-hybridized carbons (Fsp3) is 0.318. The summed E-state index contributed by atoms with van der Waals surface area (Å²) in [5, 5.41) is 8.96. The van der Waals surface area contributed by atoms with Crippen LogP contribution in [0.25, 0.3) is 11.3 Å². The normalized spacial score (nSPS) is 14.8. The molecule has 0 atom stereocenters. The first-order valence-electron chi connectivity index (χ1n) is 9.77. The number of hydrogen-bond acceptors (Lipinski definition) is 5. The van der Waals surface area contributed by atoms with E-state index < -0.39 is 11.7 Å². The number of aromatic nitrogens is 3. The molecule has 156 valence electrons. The van der Waals surface area contributed by atoms with Crippen molar-refractivity contribution in [1.29, 1.82) is 0 Å². The third-order valence-electron chi connectivity index (χ3n) is 5.52. The van der Waals surface area contributed by atoms with E-state index in [1.165, 1.54) is 6.07 Å². The van der Waals surface area contributed by atoms with Crippen molar-refractivity contribution in [2.45, 2.75) is 20.0 Å². The molecule has 1 aromatic carbocycles. The van der Waals surface area contributed by atoms with Gasteiger partial charge in [0.15, 0.2) is 5.82 Å².